The van der Waals surface area contributed by atoms with Gasteiger partial charge in [-0.1, -0.05) is 25.3 Å². The molecule has 6 rings (SSSR count). The van der Waals surface area contributed by atoms with Gasteiger partial charge in [-0.2, -0.15) is 17.8 Å². The van der Waals surface area contributed by atoms with E-state index in [-0.39, 0.29) is 48.6 Å². The van der Waals surface area contributed by atoms with Crippen molar-refractivity contribution in [2.45, 2.75) is 70.4 Å². The first-order valence-electron chi connectivity index (χ1n) is 18.6. The van der Waals surface area contributed by atoms with Crippen LogP contribution in [0.4, 0.5) is 8.78 Å². The number of aromatic nitrogens is 1. The molecule has 0 atom stereocenters. The fourth-order valence-electron chi connectivity index (χ4n) is 7.91. The summed E-state index contributed by atoms with van der Waals surface area (Å²) in [6, 6.07) is 10.7. The summed E-state index contributed by atoms with van der Waals surface area (Å²) in [6.07, 6.45) is 7.10. The molecule has 55 heavy (non-hydrogen) atoms. The lowest BCUT2D eigenvalue weighted by atomic mass is 9.81. The van der Waals surface area contributed by atoms with Gasteiger partial charge in [-0.25, -0.2) is 19.0 Å². The average molecular weight is 781 g/mol. The Morgan fingerprint density at radius 3 is 2.44 bits per heavy atom. The highest BCUT2D eigenvalue weighted by molar-refractivity contribution is 7.87. The van der Waals surface area contributed by atoms with Crippen LogP contribution >= 0.6 is 0 Å². The Bertz CT molecular complexity index is 2170. The first-order chi connectivity index (χ1) is 26.0. The van der Waals surface area contributed by atoms with Gasteiger partial charge in [0.15, 0.2) is 5.70 Å². The molecule has 296 valence electrons. The number of ether oxygens (including phenoxy) is 1. The van der Waals surface area contributed by atoms with Gasteiger partial charge in [-0.3, -0.25) is 14.5 Å². The number of fused-ring (bicyclic) bond motifs is 5. The van der Waals surface area contributed by atoms with E-state index in [2.05, 4.69) is 19.7 Å². The third-order valence-corrected chi connectivity index (χ3v) is 11.9. The number of methoxy groups -OCH3 is 1. The van der Waals surface area contributed by atoms with Crippen LogP contribution in [-0.4, -0.2) is 105 Å². The predicted octanol–water partition coefficient (Wildman–Crippen LogP) is 5.95. The number of carbonyl (C=O) groups is 2. The monoisotopic (exact) mass is 780 g/mol. The standard InChI is InChI=1S/C39H50F2N8O5S/c1-24(2)43-34(35(44-42)38(51)48-17-16-47(5)22-39(40,41)23-48)28-18-27-19-29(54-6)13-15-30(27)36-33(25-10-8-7-9-11-25)31-14-12-26(20-32(31)49(36)21-28)37(50)45-55(52,53)46(3)4/h12-15,18-20,24-25,42-43H,7-11,16-17,21-23H2,1-6H3,(H,45,50)/b35-34-,44-42?. The first-order valence-corrected chi connectivity index (χ1v) is 20.0. The number of rotatable bonds is 10. The van der Waals surface area contributed by atoms with Crippen LogP contribution in [0.3, 0.4) is 0 Å². The summed E-state index contributed by atoms with van der Waals surface area (Å²) in [5, 5.41) is 7.97. The van der Waals surface area contributed by atoms with Crippen LogP contribution in [0.15, 0.2) is 58.5 Å². The Balaban J connectivity index is 1.60. The van der Waals surface area contributed by atoms with E-state index >= 15 is 8.78 Å². The third-order valence-electron chi connectivity index (χ3n) is 10.5. The fraction of sp³-hybridized carbons (Fsp3) is 0.487. The molecule has 2 aliphatic heterocycles. The van der Waals surface area contributed by atoms with E-state index in [1.165, 1.54) is 19.0 Å². The van der Waals surface area contributed by atoms with Crippen LogP contribution in [0.5, 0.6) is 5.75 Å². The molecule has 0 radical (unpaired) electrons. The molecular weight excluding hydrogens is 731 g/mol. The van der Waals surface area contributed by atoms with Crippen LogP contribution in [0.2, 0.25) is 0 Å². The van der Waals surface area contributed by atoms with Crippen molar-refractivity contribution in [1.29, 1.82) is 5.53 Å². The van der Waals surface area contributed by atoms with Gasteiger partial charge in [0, 0.05) is 55.3 Å². The minimum absolute atomic E-state index is 0.0312. The van der Waals surface area contributed by atoms with Crippen molar-refractivity contribution in [2.75, 3.05) is 54.4 Å². The van der Waals surface area contributed by atoms with Gasteiger partial charge in [0.2, 0.25) is 0 Å². The normalized spacial score (nSPS) is 18.5. The molecule has 3 aliphatic rings. The second-order valence-corrected chi connectivity index (χ2v) is 17.1. The molecule has 2 aromatic carbocycles. The average Bonchev–Trinajstić information content (AvgIpc) is 3.23. The number of nitrogens with one attached hydrogen (secondary N) is 3. The number of hydrogen-bond acceptors (Lipinski definition) is 9. The highest BCUT2D eigenvalue weighted by atomic mass is 32.2. The number of amides is 2. The highest BCUT2D eigenvalue weighted by Gasteiger charge is 2.39. The number of benzene rings is 2. The number of hydrogen-bond donors (Lipinski definition) is 3. The van der Waals surface area contributed by atoms with Crippen molar-refractivity contribution in [1.82, 2.24) is 28.7 Å². The van der Waals surface area contributed by atoms with Crippen molar-refractivity contribution in [2.24, 2.45) is 5.11 Å². The zero-order chi connectivity index (χ0) is 39.8. The van der Waals surface area contributed by atoms with Gasteiger partial charge in [0.25, 0.3) is 17.7 Å². The van der Waals surface area contributed by atoms with Gasteiger partial charge in [-0.15, -0.1) is 0 Å². The van der Waals surface area contributed by atoms with E-state index in [1.54, 1.807) is 26.3 Å². The Labute approximate surface area is 321 Å². The Morgan fingerprint density at radius 1 is 1.05 bits per heavy atom. The molecule has 1 saturated carbocycles. The van der Waals surface area contributed by atoms with E-state index in [9.17, 15) is 18.0 Å². The molecule has 1 saturated heterocycles. The van der Waals surface area contributed by atoms with E-state index in [0.29, 0.717) is 16.8 Å². The van der Waals surface area contributed by atoms with Crippen molar-refractivity contribution in [3.8, 4) is 17.0 Å². The minimum Gasteiger partial charge on any atom is -0.497 e. The molecule has 3 aromatic rings. The van der Waals surface area contributed by atoms with Gasteiger partial charge in [0.05, 0.1) is 38.1 Å². The summed E-state index contributed by atoms with van der Waals surface area (Å²) >= 11 is 0. The maximum atomic E-state index is 15.0. The quantitative estimate of drug-likeness (QED) is 0.170. The van der Waals surface area contributed by atoms with Gasteiger partial charge in [0.1, 0.15) is 5.75 Å². The molecule has 3 N–H and O–H groups in total. The van der Waals surface area contributed by atoms with Gasteiger partial charge < -0.3 is 19.5 Å². The van der Waals surface area contributed by atoms with E-state index in [4.69, 9.17) is 10.3 Å². The van der Waals surface area contributed by atoms with Gasteiger partial charge in [-0.05, 0) is 92.8 Å². The Morgan fingerprint density at radius 2 is 1.78 bits per heavy atom. The highest BCUT2D eigenvalue weighted by Crippen LogP contribution is 2.47. The second-order valence-electron chi connectivity index (χ2n) is 15.2. The molecule has 2 fully saturated rings. The number of carbonyl (C=O) groups excluding carboxylic acids is 2. The first kappa shape index (κ1) is 40.0. The number of nitrogens with zero attached hydrogens (tertiary/aromatic N) is 5. The molecule has 3 heterocycles. The molecule has 1 aromatic heterocycles. The number of alkyl halides is 2. The largest absolute Gasteiger partial charge is 0.497 e. The Hall–Kier alpha value is -4.67. The molecule has 1 aliphatic carbocycles. The SMILES string of the molecule is COc1ccc2c(c1)C=C(/C(NC(C)C)=C(/N=N)C(=O)N1CCN(C)CC(F)(F)C1)Cn1c-2c(C2CCCCC2)c2ccc(C(=O)NS(=O)(=O)N(C)C)cc21. The summed E-state index contributed by atoms with van der Waals surface area (Å²) in [6.45, 7) is 2.83. The van der Waals surface area contributed by atoms with E-state index < -0.39 is 41.0 Å². The van der Waals surface area contributed by atoms with Crippen LogP contribution in [0.1, 0.15) is 73.4 Å². The Kier molecular flexibility index (Phi) is 11.5. The van der Waals surface area contributed by atoms with Crippen molar-refractivity contribution in [3.63, 3.8) is 0 Å². The molecule has 13 nitrogen and oxygen atoms in total. The van der Waals surface area contributed by atoms with Crippen LogP contribution in [-0.2, 0) is 21.5 Å². The third kappa shape index (κ3) is 8.31. The number of halogens is 2. The van der Waals surface area contributed by atoms with Crippen molar-refractivity contribution in [3.05, 3.63) is 70.1 Å². The van der Waals surface area contributed by atoms with Crippen molar-refractivity contribution >= 4 is 39.0 Å². The lowest BCUT2D eigenvalue weighted by Gasteiger charge is -2.26. The molecule has 16 heteroatoms. The lowest BCUT2D eigenvalue weighted by molar-refractivity contribution is -0.131. The number of likely N-dealkylation sites (N-methyl/N-ethyl adjacent to an activating group) is 1. The molecule has 0 spiro atoms. The van der Waals surface area contributed by atoms with Crippen LogP contribution < -0.4 is 14.8 Å². The molecular formula is C39H50F2N8O5S. The summed E-state index contributed by atoms with van der Waals surface area (Å²) in [5.41, 5.74) is 13.3. The zero-order valence-electron chi connectivity index (χ0n) is 32.2. The zero-order valence-corrected chi connectivity index (χ0v) is 33.0. The van der Waals surface area contributed by atoms with E-state index in [0.717, 1.165) is 69.1 Å². The smallest absolute Gasteiger partial charge is 0.303 e. The second kappa shape index (κ2) is 15.8. The topological polar surface area (TPSA) is 152 Å². The number of allylic oxidation sites excluding steroid dienone is 1. The van der Waals surface area contributed by atoms with Crippen LogP contribution in [0.25, 0.3) is 28.2 Å². The summed E-state index contributed by atoms with van der Waals surface area (Å²) in [7, 11) is 1.74. The fourth-order valence-corrected chi connectivity index (χ4v) is 8.45. The molecule has 0 bridgehead atoms. The lowest BCUT2D eigenvalue weighted by Crippen LogP contribution is -2.42. The summed E-state index contributed by atoms with van der Waals surface area (Å²) in [4.78, 5) is 30.2. The predicted molar refractivity (Wildman–Crippen MR) is 207 cm³/mol. The van der Waals surface area contributed by atoms with Crippen LogP contribution in [0, 0.1) is 5.53 Å². The summed E-state index contributed by atoms with van der Waals surface area (Å²) < 4.78 is 66.1. The maximum Gasteiger partial charge on any atom is 0.303 e. The summed E-state index contributed by atoms with van der Waals surface area (Å²) in [5.74, 6) is -3.95. The molecule has 2 amide bonds. The molecule has 0 unspecified atom stereocenters. The minimum atomic E-state index is -4.08. The van der Waals surface area contributed by atoms with Gasteiger partial charge >= 0.3 is 10.2 Å². The van der Waals surface area contributed by atoms with E-state index in [1.807, 2.05) is 44.2 Å². The maximum absolute atomic E-state index is 15.0. The van der Waals surface area contributed by atoms with Crippen molar-refractivity contribution < 1.29 is 31.5 Å².